The van der Waals surface area contributed by atoms with Crippen molar-refractivity contribution < 1.29 is 9.21 Å². The first-order valence-corrected chi connectivity index (χ1v) is 6.38. The molecule has 0 spiro atoms. The fourth-order valence-electron chi connectivity index (χ4n) is 2.21. The first-order valence-electron chi connectivity index (χ1n) is 6.38. The van der Waals surface area contributed by atoms with E-state index in [9.17, 15) is 4.79 Å². The van der Waals surface area contributed by atoms with Gasteiger partial charge in [-0.3, -0.25) is 4.79 Å². The molecular weight excluding hydrogens is 242 g/mol. The highest BCUT2D eigenvalue weighted by molar-refractivity contribution is 5.84. The van der Waals surface area contributed by atoms with Gasteiger partial charge < -0.3 is 9.32 Å². The van der Waals surface area contributed by atoms with E-state index in [4.69, 9.17) is 4.42 Å². The van der Waals surface area contributed by atoms with Crippen LogP contribution in [0.2, 0.25) is 0 Å². The summed E-state index contributed by atoms with van der Waals surface area (Å²) < 4.78 is 5.52. The molecule has 0 saturated carbocycles. The van der Waals surface area contributed by atoms with Crippen molar-refractivity contribution in [2.45, 2.75) is 19.8 Å². The van der Waals surface area contributed by atoms with E-state index in [0.717, 1.165) is 30.0 Å². The first-order chi connectivity index (χ1) is 9.22. The van der Waals surface area contributed by atoms with Gasteiger partial charge in [0.15, 0.2) is 5.78 Å². The molecule has 0 aromatic carbocycles. The molecule has 0 amide bonds. The first kappa shape index (κ1) is 11.9. The highest BCUT2D eigenvalue weighted by Crippen LogP contribution is 2.22. The van der Waals surface area contributed by atoms with Crippen LogP contribution in [-0.4, -0.2) is 28.8 Å². The molecule has 19 heavy (non-hydrogen) atoms. The second-order valence-corrected chi connectivity index (χ2v) is 4.75. The van der Waals surface area contributed by atoms with Gasteiger partial charge in [0, 0.05) is 25.4 Å². The van der Waals surface area contributed by atoms with Gasteiger partial charge in [-0.2, -0.15) is 0 Å². The molecule has 0 aliphatic carbocycles. The van der Waals surface area contributed by atoms with Crippen LogP contribution >= 0.6 is 0 Å². The van der Waals surface area contributed by atoms with Crippen LogP contribution in [0, 0.1) is 6.92 Å². The molecule has 2 aromatic heterocycles. The number of piperidine rings is 1. The summed E-state index contributed by atoms with van der Waals surface area (Å²) in [5.74, 6) is 2.49. The monoisotopic (exact) mass is 257 g/mol. The van der Waals surface area contributed by atoms with Gasteiger partial charge in [0.2, 0.25) is 5.95 Å². The molecule has 0 radical (unpaired) electrons. The number of carbonyl (C=O) groups excluding carboxylic acids is 1. The van der Waals surface area contributed by atoms with Crippen molar-refractivity contribution in [3.05, 3.63) is 30.3 Å². The molecule has 3 heterocycles. The zero-order valence-electron chi connectivity index (χ0n) is 10.8. The van der Waals surface area contributed by atoms with Crippen molar-refractivity contribution in [3.8, 4) is 11.3 Å². The van der Waals surface area contributed by atoms with Crippen LogP contribution in [0.3, 0.4) is 0 Å². The average Bonchev–Trinajstić information content (AvgIpc) is 2.86. The van der Waals surface area contributed by atoms with Crippen LogP contribution in [0.15, 0.2) is 28.9 Å². The lowest BCUT2D eigenvalue weighted by atomic mass is 10.1. The normalized spacial score (nSPS) is 15.8. The lowest BCUT2D eigenvalue weighted by molar-refractivity contribution is -0.118. The minimum absolute atomic E-state index is 0.251. The topological polar surface area (TPSA) is 59.2 Å². The van der Waals surface area contributed by atoms with E-state index >= 15 is 0 Å². The summed E-state index contributed by atoms with van der Waals surface area (Å²) in [6.07, 6.45) is 5.01. The Hall–Kier alpha value is -2.17. The van der Waals surface area contributed by atoms with Crippen molar-refractivity contribution in [2.75, 3.05) is 18.0 Å². The Bertz CT molecular complexity index is 589. The molecule has 0 bridgehead atoms. The third-order valence-corrected chi connectivity index (χ3v) is 3.20. The van der Waals surface area contributed by atoms with Gasteiger partial charge >= 0.3 is 0 Å². The Morgan fingerprint density at radius 2 is 2.05 bits per heavy atom. The Balaban J connectivity index is 1.80. The fourth-order valence-corrected chi connectivity index (χ4v) is 2.21. The largest absolute Gasteiger partial charge is 0.461 e. The van der Waals surface area contributed by atoms with E-state index in [0.29, 0.717) is 18.9 Å². The van der Waals surface area contributed by atoms with Crippen LogP contribution in [0.5, 0.6) is 0 Å². The van der Waals surface area contributed by atoms with Crippen LogP contribution in [0.25, 0.3) is 11.3 Å². The number of carbonyl (C=O) groups is 1. The molecular formula is C14H15N3O2. The van der Waals surface area contributed by atoms with Gasteiger partial charge in [0.25, 0.3) is 0 Å². The Morgan fingerprint density at radius 1 is 1.26 bits per heavy atom. The predicted octanol–water partition coefficient (Wildman–Crippen LogP) is 2.21. The van der Waals surface area contributed by atoms with Crippen molar-refractivity contribution >= 4 is 11.7 Å². The van der Waals surface area contributed by atoms with Gasteiger partial charge in [0.1, 0.15) is 11.5 Å². The molecule has 98 valence electrons. The Kier molecular flexibility index (Phi) is 3.03. The van der Waals surface area contributed by atoms with E-state index in [1.165, 1.54) is 0 Å². The minimum Gasteiger partial charge on any atom is -0.461 e. The fraction of sp³-hybridized carbons (Fsp3) is 0.357. The predicted molar refractivity (Wildman–Crippen MR) is 70.9 cm³/mol. The summed E-state index contributed by atoms with van der Waals surface area (Å²) in [5, 5.41) is 0. The van der Waals surface area contributed by atoms with Gasteiger partial charge in [0.05, 0.1) is 12.1 Å². The van der Waals surface area contributed by atoms with E-state index in [-0.39, 0.29) is 5.78 Å². The highest BCUT2D eigenvalue weighted by atomic mass is 16.3. The standard InChI is InChI=1S/C14H15N3O2/c1-10-4-5-13(19-10)11-7-15-14(16-8-11)17-6-2-3-12(18)9-17/h4-5,7-8H,2-3,6,9H2,1H3. The molecule has 1 aliphatic rings. The van der Waals surface area contributed by atoms with Gasteiger partial charge in [-0.25, -0.2) is 9.97 Å². The molecule has 5 heteroatoms. The quantitative estimate of drug-likeness (QED) is 0.825. The number of ketones is 1. The minimum atomic E-state index is 0.251. The summed E-state index contributed by atoms with van der Waals surface area (Å²) in [5.41, 5.74) is 0.847. The number of hydrogen-bond acceptors (Lipinski definition) is 5. The van der Waals surface area contributed by atoms with Crippen molar-refractivity contribution in [3.63, 3.8) is 0 Å². The number of aromatic nitrogens is 2. The number of aryl methyl sites for hydroxylation is 1. The maximum atomic E-state index is 11.4. The molecule has 2 aromatic rings. The number of anilines is 1. The van der Waals surface area contributed by atoms with E-state index in [1.54, 1.807) is 12.4 Å². The van der Waals surface area contributed by atoms with Crippen molar-refractivity contribution in [1.29, 1.82) is 0 Å². The molecule has 5 nitrogen and oxygen atoms in total. The second-order valence-electron chi connectivity index (χ2n) is 4.75. The Morgan fingerprint density at radius 3 is 2.68 bits per heavy atom. The van der Waals surface area contributed by atoms with Crippen molar-refractivity contribution in [1.82, 2.24) is 9.97 Å². The van der Waals surface area contributed by atoms with Crippen LogP contribution in [0.1, 0.15) is 18.6 Å². The second kappa shape index (κ2) is 4.84. The van der Waals surface area contributed by atoms with E-state index in [1.807, 2.05) is 24.0 Å². The van der Waals surface area contributed by atoms with Crippen LogP contribution in [0.4, 0.5) is 5.95 Å². The number of furan rings is 1. The average molecular weight is 257 g/mol. The molecule has 1 aliphatic heterocycles. The molecule has 3 rings (SSSR count). The van der Waals surface area contributed by atoms with E-state index in [2.05, 4.69) is 9.97 Å². The maximum Gasteiger partial charge on any atom is 0.225 e. The Labute approximate surface area is 111 Å². The van der Waals surface area contributed by atoms with Crippen LogP contribution < -0.4 is 4.90 Å². The number of hydrogen-bond donors (Lipinski definition) is 0. The van der Waals surface area contributed by atoms with Gasteiger partial charge in [-0.15, -0.1) is 0 Å². The van der Waals surface area contributed by atoms with Gasteiger partial charge in [-0.1, -0.05) is 0 Å². The molecule has 1 fully saturated rings. The highest BCUT2D eigenvalue weighted by Gasteiger charge is 2.19. The molecule has 0 atom stereocenters. The number of Topliss-reactive ketones (excluding diaryl/α,β-unsaturated/α-hetero) is 1. The maximum absolute atomic E-state index is 11.4. The number of nitrogens with zero attached hydrogens (tertiary/aromatic N) is 3. The zero-order valence-corrected chi connectivity index (χ0v) is 10.8. The third kappa shape index (κ3) is 2.50. The zero-order chi connectivity index (χ0) is 13.2. The number of rotatable bonds is 2. The summed E-state index contributed by atoms with van der Waals surface area (Å²) in [6, 6.07) is 3.81. The summed E-state index contributed by atoms with van der Waals surface area (Å²) in [6.45, 7) is 3.15. The molecule has 0 unspecified atom stereocenters. The lowest BCUT2D eigenvalue weighted by Gasteiger charge is -2.25. The third-order valence-electron chi connectivity index (χ3n) is 3.20. The van der Waals surface area contributed by atoms with Gasteiger partial charge in [-0.05, 0) is 25.5 Å². The smallest absolute Gasteiger partial charge is 0.225 e. The van der Waals surface area contributed by atoms with Crippen LogP contribution in [-0.2, 0) is 4.79 Å². The SMILES string of the molecule is Cc1ccc(-c2cnc(N3CCCC(=O)C3)nc2)o1. The summed E-state index contributed by atoms with van der Waals surface area (Å²) in [4.78, 5) is 22.0. The molecule has 1 saturated heterocycles. The van der Waals surface area contributed by atoms with Crippen molar-refractivity contribution in [2.24, 2.45) is 0 Å². The summed E-state index contributed by atoms with van der Waals surface area (Å²) >= 11 is 0. The lowest BCUT2D eigenvalue weighted by Crippen LogP contribution is -2.36. The summed E-state index contributed by atoms with van der Waals surface area (Å²) in [7, 11) is 0. The van der Waals surface area contributed by atoms with E-state index < -0.39 is 0 Å². The molecule has 0 N–H and O–H groups in total.